The normalized spacial score (nSPS) is 10.3. The summed E-state index contributed by atoms with van der Waals surface area (Å²) in [5, 5.41) is 2.70. The predicted molar refractivity (Wildman–Crippen MR) is 81.9 cm³/mol. The van der Waals surface area contributed by atoms with Gasteiger partial charge < -0.3 is 15.0 Å². The maximum Gasteiger partial charge on any atom is 0.239 e. The first-order valence-electron chi connectivity index (χ1n) is 7.29. The summed E-state index contributed by atoms with van der Waals surface area (Å²) < 4.78 is 18.4. The Morgan fingerprint density at radius 1 is 1.32 bits per heavy atom. The first kappa shape index (κ1) is 18.1. The fourth-order valence-electron chi connectivity index (χ4n) is 2.01. The molecule has 122 valence electrons. The molecule has 0 aliphatic heterocycles. The Hall–Kier alpha value is -1.95. The number of ether oxygens (including phenoxy) is 1. The first-order valence-corrected chi connectivity index (χ1v) is 7.29. The molecule has 22 heavy (non-hydrogen) atoms. The molecule has 0 atom stereocenters. The van der Waals surface area contributed by atoms with Gasteiger partial charge in [-0.25, -0.2) is 4.39 Å². The van der Waals surface area contributed by atoms with Crippen LogP contribution in [0.4, 0.5) is 4.39 Å². The number of nitrogens with zero attached hydrogens (tertiary/aromatic N) is 1. The van der Waals surface area contributed by atoms with Crippen LogP contribution in [0.25, 0.3) is 0 Å². The second-order valence-electron chi connectivity index (χ2n) is 4.98. The zero-order chi connectivity index (χ0) is 16.4. The van der Waals surface area contributed by atoms with Crippen LogP contribution in [0.3, 0.4) is 0 Å². The van der Waals surface area contributed by atoms with Crippen LogP contribution in [0.5, 0.6) is 0 Å². The van der Waals surface area contributed by atoms with Gasteiger partial charge in [-0.1, -0.05) is 18.2 Å². The van der Waals surface area contributed by atoms with Crippen LogP contribution in [-0.4, -0.2) is 50.1 Å². The van der Waals surface area contributed by atoms with Crippen molar-refractivity contribution in [3.63, 3.8) is 0 Å². The summed E-state index contributed by atoms with van der Waals surface area (Å²) in [5.41, 5.74) is 0.561. The third kappa shape index (κ3) is 6.67. The number of amides is 2. The van der Waals surface area contributed by atoms with Crippen LogP contribution in [0.2, 0.25) is 0 Å². The monoisotopic (exact) mass is 310 g/mol. The number of hydrogen-bond donors (Lipinski definition) is 1. The van der Waals surface area contributed by atoms with Gasteiger partial charge in [0.1, 0.15) is 5.82 Å². The summed E-state index contributed by atoms with van der Waals surface area (Å²) in [7, 11) is 1.59. The summed E-state index contributed by atoms with van der Waals surface area (Å²) in [6, 6.07) is 6.47. The standard InChI is InChI=1S/C16H23FN2O3/c1-13(20)19(10-5-11-22-2)12-16(21)18-9-8-14-6-3-4-7-15(14)17/h3-4,6-7H,5,8-12H2,1-2H3,(H,18,21). The van der Waals surface area contributed by atoms with E-state index >= 15 is 0 Å². The molecule has 1 N–H and O–H groups in total. The van der Waals surface area contributed by atoms with Crippen molar-refractivity contribution in [2.24, 2.45) is 0 Å². The topological polar surface area (TPSA) is 58.6 Å². The van der Waals surface area contributed by atoms with Crippen LogP contribution in [0, 0.1) is 5.82 Å². The number of rotatable bonds is 9. The SMILES string of the molecule is COCCCN(CC(=O)NCCc1ccccc1F)C(C)=O. The maximum absolute atomic E-state index is 13.4. The lowest BCUT2D eigenvalue weighted by atomic mass is 10.1. The maximum atomic E-state index is 13.4. The minimum absolute atomic E-state index is 0.0102. The molecule has 0 fully saturated rings. The van der Waals surface area contributed by atoms with E-state index in [2.05, 4.69) is 5.32 Å². The van der Waals surface area contributed by atoms with E-state index in [1.807, 2.05) is 0 Å². The number of methoxy groups -OCH3 is 1. The quantitative estimate of drug-likeness (QED) is 0.701. The molecule has 0 spiro atoms. The number of carbonyl (C=O) groups excluding carboxylic acids is 2. The Labute approximate surface area is 130 Å². The molecule has 1 rings (SSSR count). The van der Waals surface area contributed by atoms with Gasteiger partial charge in [0.15, 0.2) is 0 Å². The molecular weight excluding hydrogens is 287 g/mol. The number of carbonyl (C=O) groups is 2. The molecule has 0 saturated heterocycles. The lowest BCUT2D eigenvalue weighted by molar-refractivity contribution is -0.134. The lowest BCUT2D eigenvalue weighted by Gasteiger charge is -2.20. The van der Waals surface area contributed by atoms with Gasteiger partial charge in [-0.05, 0) is 24.5 Å². The summed E-state index contributed by atoms with van der Waals surface area (Å²) in [4.78, 5) is 24.8. The van der Waals surface area contributed by atoms with Gasteiger partial charge in [0.2, 0.25) is 11.8 Å². The molecule has 0 radical (unpaired) electrons. The van der Waals surface area contributed by atoms with Crippen LogP contribution in [-0.2, 0) is 20.7 Å². The van der Waals surface area contributed by atoms with Gasteiger partial charge in [0, 0.05) is 33.7 Å². The fourth-order valence-corrected chi connectivity index (χ4v) is 2.01. The van der Waals surface area contributed by atoms with Gasteiger partial charge in [-0.15, -0.1) is 0 Å². The number of nitrogens with one attached hydrogen (secondary N) is 1. The minimum atomic E-state index is -0.276. The Morgan fingerprint density at radius 2 is 2.05 bits per heavy atom. The predicted octanol–water partition coefficient (Wildman–Crippen LogP) is 1.37. The Bertz CT molecular complexity index is 494. The molecule has 0 bridgehead atoms. The van der Waals surface area contributed by atoms with Crippen molar-refractivity contribution < 1.29 is 18.7 Å². The van der Waals surface area contributed by atoms with Crippen LogP contribution in [0.1, 0.15) is 18.9 Å². The van der Waals surface area contributed by atoms with Gasteiger partial charge in [0.05, 0.1) is 6.54 Å². The molecule has 0 aromatic heterocycles. The third-order valence-electron chi connectivity index (χ3n) is 3.23. The molecule has 6 heteroatoms. The lowest BCUT2D eigenvalue weighted by Crippen LogP contribution is -2.41. The van der Waals surface area contributed by atoms with Crippen LogP contribution >= 0.6 is 0 Å². The zero-order valence-corrected chi connectivity index (χ0v) is 13.1. The highest BCUT2D eigenvalue weighted by Gasteiger charge is 2.13. The van der Waals surface area contributed by atoms with Crippen LogP contribution < -0.4 is 5.32 Å². The third-order valence-corrected chi connectivity index (χ3v) is 3.23. The van der Waals surface area contributed by atoms with E-state index in [1.54, 1.807) is 25.3 Å². The van der Waals surface area contributed by atoms with Crippen molar-refractivity contribution in [2.75, 3.05) is 33.4 Å². The number of hydrogen-bond acceptors (Lipinski definition) is 3. The first-order chi connectivity index (χ1) is 10.5. The average molecular weight is 310 g/mol. The molecule has 0 saturated carbocycles. The van der Waals surface area contributed by atoms with Crippen molar-refractivity contribution in [1.82, 2.24) is 10.2 Å². The van der Waals surface area contributed by atoms with Crippen molar-refractivity contribution in [2.45, 2.75) is 19.8 Å². The van der Waals surface area contributed by atoms with E-state index in [4.69, 9.17) is 4.74 Å². The zero-order valence-electron chi connectivity index (χ0n) is 13.1. The van der Waals surface area contributed by atoms with Gasteiger partial charge in [-0.3, -0.25) is 9.59 Å². The highest BCUT2D eigenvalue weighted by molar-refractivity contribution is 5.83. The van der Waals surface area contributed by atoms with Crippen molar-refractivity contribution in [3.8, 4) is 0 Å². The molecule has 0 aliphatic rings. The molecule has 5 nitrogen and oxygen atoms in total. The molecule has 0 unspecified atom stereocenters. The Morgan fingerprint density at radius 3 is 2.68 bits per heavy atom. The molecule has 0 heterocycles. The van der Waals surface area contributed by atoms with Crippen molar-refractivity contribution in [3.05, 3.63) is 35.6 Å². The van der Waals surface area contributed by atoms with Crippen LogP contribution in [0.15, 0.2) is 24.3 Å². The van der Waals surface area contributed by atoms with Crippen molar-refractivity contribution >= 4 is 11.8 Å². The van der Waals surface area contributed by atoms with Gasteiger partial charge in [-0.2, -0.15) is 0 Å². The Balaban J connectivity index is 2.34. The highest BCUT2D eigenvalue weighted by atomic mass is 19.1. The van der Waals surface area contributed by atoms with E-state index in [9.17, 15) is 14.0 Å². The summed E-state index contributed by atoms with van der Waals surface area (Å²) >= 11 is 0. The highest BCUT2D eigenvalue weighted by Crippen LogP contribution is 2.06. The largest absolute Gasteiger partial charge is 0.385 e. The summed E-state index contributed by atoms with van der Waals surface area (Å²) in [5.74, 6) is -0.675. The van der Waals surface area contributed by atoms with E-state index in [0.717, 1.165) is 0 Å². The van der Waals surface area contributed by atoms with Crippen molar-refractivity contribution in [1.29, 1.82) is 0 Å². The smallest absolute Gasteiger partial charge is 0.239 e. The molecular formula is C16H23FN2O3. The summed E-state index contributed by atoms with van der Waals surface area (Å²) in [6.07, 6.45) is 1.10. The van der Waals surface area contributed by atoms with E-state index in [-0.39, 0.29) is 24.2 Å². The average Bonchev–Trinajstić information content (AvgIpc) is 2.48. The summed E-state index contributed by atoms with van der Waals surface area (Å²) in [6.45, 7) is 2.79. The molecule has 1 aromatic rings. The second-order valence-corrected chi connectivity index (χ2v) is 4.98. The molecule has 1 aromatic carbocycles. The Kier molecular flexibility index (Phi) is 8.14. The van der Waals surface area contributed by atoms with Gasteiger partial charge >= 0.3 is 0 Å². The van der Waals surface area contributed by atoms with E-state index in [0.29, 0.717) is 38.1 Å². The minimum Gasteiger partial charge on any atom is -0.385 e. The second kappa shape index (κ2) is 9.89. The van der Waals surface area contributed by atoms with E-state index < -0.39 is 0 Å². The van der Waals surface area contributed by atoms with E-state index in [1.165, 1.54) is 17.9 Å². The number of halogens is 1. The number of benzene rings is 1. The molecule has 0 aliphatic carbocycles. The fraction of sp³-hybridized carbons (Fsp3) is 0.500. The molecule has 2 amide bonds. The van der Waals surface area contributed by atoms with Gasteiger partial charge in [0.25, 0.3) is 0 Å².